The van der Waals surface area contributed by atoms with E-state index in [4.69, 9.17) is 4.74 Å². The summed E-state index contributed by atoms with van der Waals surface area (Å²) >= 11 is 0. The summed E-state index contributed by atoms with van der Waals surface area (Å²) < 4.78 is 6.44. The van der Waals surface area contributed by atoms with Gasteiger partial charge in [-0.2, -0.15) is 5.10 Å². The lowest BCUT2D eigenvalue weighted by Gasteiger charge is -2.14. The second-order valence-corrected chi connectivity index (χ2v) is 6.15. The van der Waals surface area contributed by atoms with E-state index in [0.29, 0.717) is 21.3 Å². The zero-order chi connectivity index (χ0) is 20.3. The van der Waals surface area contributed by atoms with E-state index in [-0.39, 0.29) is 17.4 Å². The molecular weight excluding hydrogens is 364 g/mol. The van der Waals surface area contributed by atoms with Crippen LogP contribution in [-0.2, 0) is 0 Å². The summed E-state index contributed by atoms with van der Waals surface area (Å²) in [6, 6.07) is 10.6. The van der Waals surface area contributed by atoms with Crippen LogP contribution in [0.1, 0.15) is 25.8 Å². The average Bonchev–Trinajstić information content (AvgIpc) is 2.68. The fraction of sp³-hybridized carbons (Fsp3) is 0.211. The molecule has 0 amide bonds. The van der Waals surface area contributed by atoms with Crippen LogP contribution in [0.4, 0.5) is 5.69 Å². The number of hydrogen-bond donors (Lipinski definition) is 1. The van der Waals surface area contributed by atoms with E-state index in [0.717, 1.165) is 6.42 Å². The number of nitrogens with one attached hydrogen (secondary N) is 1. The van der Waals surface area contributed by atoms with Crippen LogP contribution in [0.2, 0.25) is 0 Å². The molecule has 0 bridgehead atoms. The minimum absolute atomic E-state index is 0.125. The molecule has 0 saturated heterocycles. The fourth-order valence-corrected chi connectivity index (χ4v) is 2.54. The van der Waals surface area contributed by atoms with Crippen LogP contribution in [0.5, 0.6) is 5.75 Å². The first kappa shape index (κ1) is 19.0. The van der Waals surface area contributed by atoms with Crippen molar-refractivity contribution >= 4 is 22.8 Å². The third kappa shape index (κ3) is 3.83. The van der Waals surface area contributed by atoms with Crippen molar-refractivity contribution in [1.29, 1.82) is 0 Å². The molecule has 0 saturated carbocycles. The van der Waals surface area contributed by atoms with E-state index in [1.807, 2.05) is 13.8 Å². The second-order valence-electron chi connectivity index (χ2n) is 6.15. The third-order valence-corrected chi connectivity index (χ3v) is 4.20. The second kappa shape index (κ2) is 7.87. The number of nitro groups is 1. The number of rotatable bonds is 6. The molecule has 9 heteroatoms. The van der Waals surface area contributed by atoms with Crippen molar-refractivity contribution in [2.24, 2.45) is 5.10 Å². The van der Waals surface area contributed by atoms with E-state index < -0.39 is 16.2 Å². The third-order valence-electron chi connectivity index (χ3n) is 4.20. The molecule has 0 aliphatic carbocycles. The van der Waals surface area contributed by atoms with E-state index in [2.05, 4.69) is 10.1 Å². The number of fused-ring (bicyclic) bond motifs is 1. The molecule has 0 spiro atoms. The molecule has 1 aromatic heterocycles. The van der Waals surface area contributed by atoms with Crippen molar-refractivity contribution in [3.8, 4) is 5.75 Å². The maximum atomic E-state index is 12.5. The van der Waals surface area contributed by atoms with Crippen molar-refractivity contribution in [2.75, 3.05) is 0 Å². The SMILES string of the molecule is CC[C@@H](C)Oc1ccc([N+](=O)[O-])cc1C=Nn1c(=O)[nH]c2ccccc2c1=O. The highest BCUT2D eigenvalue weighted by atomic mass is 16.6. The lowest BCUT2D eigenvalue weighted by molar-refractivity contribution is -0.384. The lowest BCUT2D eigenvalue weighted by Crippen LogP contribution is -2.32. The molecule has 9 nitrogen and oxygen atoms in total. The minimum atomic E-state index is -0.713. The highest BCUT2D eigenvalue weighted by molar-refractivity contribution is 5.85. The topological polar surface area (TPSA) is 120 Å². The van der Waals surface area contributed by atoms with Crippen molar-refractivity contribution in [1.82, 2.24) is 9.66 Å². The van der Waals surface area contributed by atoms with Gasteiger partial charge < -0.3 is 9.72 Å². The zero-order valence-corrected chi connectivity index (χ0v) is 15.3. The molecule has 1 atom stereocenters. The van der Waals surface area contributed by atoms with Gasteiger partial charge in [0.25, 0.3) is 11.2 Å². The van der Waals surface area contributed by atoms with Gasteiger partial charge in [-0.05, 0) is 31.5 Å². The molecule has 0 fully saturated rings. The van der Waals surface area contributed by atoms with Crippen molar-refractivity contribution in [3.63, 3.8) is 0 Å². The molecule has 0 radical (unpaired) electrons. The normalized spacial score (nSPS) is 12.4. The molecule has 28 heavy (non-hydrogen) atoms. The van der Waals surface area contributed by atoms with Gasteiger partial charge in [0.15, 0.2) is 0 Å². The van der Waals surface area contributed by atoms with Crippen LogP contribution < -0.4 is 16.0 Å². The first-order valence-corrected chi connectivity index (χ1v) is 8.64. The molecule has 0 aliphatic rings. The van der Waals surface area contributed by atoms with Crippen LogP contribution >= 0.6 is 0 Å². The van der Waals surface area contributed by atoms with Gasteiger partial charge >= 0.3 is 5.69 Å². The molecule has 144 valence electrons. The van der Waals surface area contributed by atoms with Gasteiger partial charge in [-0.15, -0.1) is 4.68 Å². The largest absolute Gasteiger partial charge is 0.490 e. The molecule has 1 N–H and O–H groups in total. The molecule has 0 unspecified atom stereocenters. The van der Waals surface area contributed by atoms with Gasteiger partial charge in [0.1, 0.15) is 5.75 Å². The Balaban J connectivity index is 2.10. The Kier molecular flexibility index (Phi) is 5.35. The highest BCUT2D eigenvalue weighted by Gasteiger charge is 2.13. The fourth-order valence-electron chi connectivity index (χ4n) is 2.54. The number of hydrogen-bond acceptors (Lipinski definition) is 6. The highest BCUT2D eigenvalue weighted by Crippen LogP contribution is 2.24. The number of non-ortho nitro benzene ring substituents is 1. The predicted octanol–water partition coefficient (Wildman–Crippen LogP) is 2.66. The van der Waals surface area contributed by atoms with Gasteiger partial charge in [-0.25, -0.2) is 4.79 Å². The molecule has 2 aromatic carbocycles. The number of para-hydroxylation sites is 1. The van der Waals surface area contributed by atoms with E-state index in [1.54, 1.807) is 24.3 Å². The number of aromatic nitrogens is 2. The Morgan fingerprint density at radius 3 is 2.75 bits per heavy atom. The Bertz CT molecular complexity index is 1180. The average molecular weight is 382 g/mol. The summed E-state index contributed by atoms with van der Waals surface area (Å²) in [4.78, 5) is 37.9. The summed E-state index contributed by atoms with van der Waals surface area (Å²) in [7, 11) is 0. The van der Waals surface area contributed by atoms with Gasteiger partial charge in [-0.1, -0.05) is 19.1 Å². The Labute approximate surface area is 159 Å². The first-order chi connectivity index (χ1) is 13.4. The molecule has 3 rings (SSSR count). The predicted molar refractivity (Wildman–Crippen MR) is 105 cm³/mol. The number of H-pyrrole nitrogens is 1. The summed E-state index contributed by atoms with van der Waals surface area (Å²) in [6.07, 6.45) is 1.81. The summed E-state index contributed by atoms with van der Waals surface area (Å²) in [5, 5.41) is 15.3. The minimum Gasteiger partial charge on any atom is -0.490 e. The van der Waals surface area contributed by atoms with E-state index in [9.17, 15) is 19.7 Å². The summed E-state index contributed by atoms with van der Waals surface area (Å²) in [5.41, 5.74) is -0.771. The maximum absolute atomic E-state index is 12.5. The van der Waals surface area contributed by atoms with Gasteiger partial charge in [0.2, 0.25) is 0 Å². The van der Waals surface area contributed by atoms with Crippen LogP contribution in [0.3, 0.4) is 0 Å². The molecular formula is C19H18N4O5. The Morgan fingerprint density at radius 2 is 2.04 bits per heavy atom. The number of nitro benzene ring substituents is 1. The van der Waals surface area contributed by atoms with Gasteiger partial charge in [-0.3, -0.25) is 14.9 Å². The van der Waals surface area contributed by atoms with Crippen molar-refractivity contribution in [3.05, 3.63) is 79.0 Å². The quantitative estimate of drug-likeness (QED) is 0.399. The van der Waals surface area contributed by atoms with Crippen molar-refractivity contribution < 1.29 is 9.66 Å². The zero-order valence-electron chi connectivity index (χ0n) is 15.3. The van der Waals surface area contributed by atoms with E-state index in [1.165, 1.54) is 24.4 Å². The summed E-state index contributed by atoms with van der Waals surface area (Å²) in [6.45, 7) is 3.80. The van der Waals surface area contributed by atoms with Crippen LogP contribution in [0.25, 0.3) is 10.9 Å². The lowest BCUT2D eigenvalue weighted by atomic mass is 10.2. The first-order valence-electron chi connectivity index (χ1n) is 8.64. The Hall–Kier alpha value is -3.75. The number of aromatic amines is 1. The Morgan fingerprint density at radius 1 is 1.29 bits per heavy atom. The number of benzene rings is 2. The monoisotopic (exact) mass is 382 g/mol. The number of ether oxygens (including phenoxy) is 1. The van der Waals surface area contributed by atoms with E-state index >= 15 is 0 Å². The van der Waals surface area contributed by atoms with Crippen LogP contribution in [0.15, 0.2) is 57.2 Å². The molecule has 0 aliphatic heterocycles. The molecule has 3 aromatic rings. The van der Waals surface area contributed by atoms with Crippen molar-refractivity contribution in [2.45, 2.75) is 26.4 Å². The van der Waals surface area contributed by atoms with Gasteiger partial charge in [0.05, 0.1) is 28.1 Å². The standard InChI is InChI=1S/C19H18N4O5/c1-3-12(2)28-17-9-8-14(23(26)27)10-13(17)11-20-22-18(24)15-6-4-5-7-16(15)21-19(22)25/h4-12H,3H2,1-2H3,(H,21,25)/t12-/m1/s1. The summed E-state index contributed by atoms with van der Waals surface area (Å²) in [5.74, 6) is 0.369. The maximum Gasteiger partial charge on any atom is 0.349 e. The smallest absolute Gasteiger partial charge is 0.349 e. The van der Waals surface area contributed by atoms with Gasteiger partial charge in [0, 0.05) is 17.7 Å². The number of nitrogens with zero attached hydrogens (tertiary/aromatic N) is 3. The van der Waals surface area contributed by atoms with Crippen LogP contribution in [0, 0.1) is 10.1 Å². The molecule has 1 heterocycles. The van der Waals surface area contributed by atoms with Crippen LogP contribution in [-0.4, -0.2) is 26.9 Å².